The number of nitrogens with zero attached hydrogens (tertiary/aromatic N) is 3. The van der Waals surface area contributed by atoms with Crippen molar-refractivity contribution >= 4 is 35.5 Å². The van der Waals surface area contributed by atoms with Crippen LogP contribution in [0.2, 0.25) is 0 Å². The maximum absolute atomic E-state index is 13.5. The third kappa shape index (κ3) is 17.1. The van der Waals surface area contributed by atoms with E-state index in [0.29, 0.717) is 11.1 Å². The smallest absolute Gasteiger partial charge is 0.305 e. The van der Waals surface area contributed by atoms with Crippen molar-refractivity contribution in [2.75, 3.05) is 46.1 Å². The molecule has 2 aromatic carbocycles. The Morgan fingerprint density at radius 1 is 0.750 bits per heavy atom. The van der Waals surface area contributed by atoms with Gasteiger partial charge in [-0.2, -0.15) is 0 Å². The highest BCUT2D eigenvalue weighted by molar-refractivity contribution is 5.96. The number of hydrogen-bond donors (Lipinski definition) is 8. The van der Waals surface area contributed by atoms with Gasteiger partial charge in [-0.25, -0.2) is 0 Å². The van der Waals surface area contributed by atoms with Crippen LogP contribution >= 0.6 is 0 Å². The van der Waals surface area contributed by atoms with E-state index in [1.807, 2.05) is 0 Å². The van der Waals surface area contributed by atoms with Crippen LogP contribution in [0.5, 0.6) is 11.5 Å². The topological polar surface area (TPSA) is 290 Å². The molecule has 0 saturated carbocycles. The second kappa shape index (κ2) is 23.5. The van der Waals surface area contributed by atoms with Crippen LogP contribution in [0, 0.1) is 0 Å². The van der Waals surface area contributed by atoms with Gasteiger partial charge in [0.05, 0.1) is 39.3 Å². The lowest BCUT2D eigenvalue weighted by Crippen LogP contribution is -2.58. The number of aromatic hydroxyl groups is 2. The number of azide groups is 1. The third-order valence-electron chi connectivity index (χ3n) is 7.10. The number of carboxylic acid groups (broad SMARTS) is 1. The monoisotopic (exact) mass is 728 g/mol. The summed E-state index contributed by atoms with van der Waals surface area (Å²) >= 11 is 0. The number of rotatable bonds is 24. The SMILES string of the molecule is CC(=O)N[C@@H](CC(=O)NCCc1ccc(O)c(O)c1)C(=O)N[C@@H](Cc1ccccc1)C(=O)N[C@@H](CC(=O)O)C(=O)NCCOCCOCCN=[N+]=[N-]. The zero-order valence-corrected chi connectivity index (χ0v) is 28.6. The third-order valence-corrected chi connectivity index (χ3v) is 7.10. The average Bonchev–Trinajstić information content (AvgIpc) is 3.09. The molecular formula is C33H44N8O11. The van der Waals surface area contributed by atoms with Gasteiger partial charge in [0.15, 0.2) is 11.5 Å². The van der Waals surface area contributed by atoms with E-state index in [0.717, 1.165) is 6.92 Å². The molecule has 52 heavy (non-hydrogen) atoms. The van der Waals surface area contributed by atoms with E-state index in [9.17, 15) is 44.1 Å². The van der Waals surface area contributed by atoms with Gasteiger partial charge in [0.1, 0.15) is 18.1 Å². The highest BCUT2D eigenvalue weighted by atomic mass is 16.5. The van der Waals surface area contributed by atoms with Crippen LogP contribution in [0.3, 0.4) is 0 Å². The molecule has 0 radical (unpaired) electrons. The minimum absolute atomic E-state index is 0.0222. The summed E-state index contributed by atoms with van der Waals surface area (Å²) in [4.78, 5) is 78.8. The molecule has 0 aliphatic heterocycles. The van der Waals surface area contributed by atoms with Gasteiger partial charge in [-0.3, -0.25) is 28.8 Å². The average molecular weight is 729 g/mol. The lowest BCUT2D eigenvalue weighted by atomic mass is 10.0. The van der Waals surface area contributed by atoms with Crippen molar-refractivity contribution in [3.05, 3.63) is 70.1 Å². The number of carbonyl (C=O) groups is 6. The molecule has 3 atom stereocenters. The second-order valence-electron chi connectivity index (χ2n) is 11.3. The number of nitrogens with one attached hydrogen (secondary N) is 5. The largest absolute Gasteiger partial charge is 0.504 e. The minimum Gasteiger partial charge on any atom is -0.504 e. The van der Waals surface area contributed by atoms with E-state index in [2.05, 4.69) is 36.6 Å². The van der Waals surface area contributed by atoms with Crippen LogP contribution in [-0.4, -0.2) is 115 Å². The number of carbonyl (C=O) groups excluding carboxylic acids is 5. The van der Waals surface area contributed by atoms with Crippen LogP contribution in [0.15, 0.2) is 53.6 Å². The maximum Gasteiger partial charge on any atom is 0.305 e. The minimum atomic E-state index is -1.53. The number of carboxylic acids is 1. The Kier molecular flexibility index (Phi) is 19.1. The summed E-state index contributed by atoms with van der Waals surface area (Å²) in [5.41, 5.74) is 9.46. The molecule has 0 aliphatic carbocycles. The Hall–Kier alpha value is -5.91. The number of ether oxygens (including phenoxy) is 2. The highest BCUT2D eigenvalue weighted by Crippen LogP contribution is 2.24. The van der Waals surface area contributed by atoms with Crippen LogP contribution in [0.25, 0.3) is 10.4 Å². The highest BCUT2D eigenvalue weighted by Gasteiger charge is 2.31. The molecular weight excluding hydrogens is 684 g/mol. The van der Waals surface area contributed by atoms with Crippen molar-refractivity contribution in [1.29, 1.82) is 0 Å². The molecule has 0 aromatic heterocycles. The zero-order valence-electron chi connectivity index (χ0n) is 28.6. The molecule has 8 N–H and O–H groups in total. The van der Waals surface area contributed by atoms with Crippen molar-refractivity contribution in [3.63, 3.8) is 0 Å². The molecule has 5 amide bonds. The van der Waals surface area contributed by atoms with Crippen molar-refractivity contribution in [2.45, 2.75) is 50.7 Å². The van der Waals surface area contributed by atoms with E-state index in [1.54, 1.807) is 36.4 Å². The molecule has 0 bridgehead atoms. The van der Waals surface area contributed by atoms with Gasteiger partial charge in [0.25, 0.3) is 0 Å². The molecule has 2 rings (SSSR count). The predicted molar refractivity (Wildman–Crippen MR) is 184 cm³/mol. The number of amides is 5. The zero-order chi connectivity index (χ0) is 38.3. The summed E-state index contributed by atoms with van der Waals surface area (Å²) in [6, 6.07) is 8.42. The fourth-order valence-corrected chi connectivity index (χ4v) is 4.61. The van der Waals surface area contributed by atoms with Crippen molar-refractivity contribution in [1.82, 2.24) is 26.6 Å². The molecule has 0 fully saturated rings. The molecule has 0 unspecified atom stereocenters. The van der Waals surface area contributed by atoms with Crippen LogP contribution in [0.4, 0.5) is 0 Å². The maximum atomic E-state index is 13.5. The summed E-state index contributed by atoms with van der Waals surface area (Å²) in [5, 5.41) is 44.3. The van der Waals surface area contributed by atoms with Gasteiger partial charge in [-0.1, -0.05) is 41.5 Å². The number of hydrogen-bond acceptors (Lipinski definition) is 11. The molecule has 19 nitrogen and oxygen atoms in total. The van der Waals surface area contributed by atoms with Gasteiger partial charge in [0.2, 0.25) is 29.5 Å². The standard InChI is InChI=1S/C33H44N8O11/c1-21(42)38-25(19-29(45)35-10-9-23-7-8-27(43)28(44)18-23)33(50)39-24(17-22-5-3-2-4-6-22)32(49)40-26(20-30(46)47)31(48)36-11-13-51-15-16-52-14-12-37-41-34/h2-8,18,24-26,43-44H,9-17,19-20H2,1H3,(H,35,45)(H,36,48)(H,38,42)(H,39,50)(H,40,49)(H,46,47)/t24-,25-,26-/m0/s1. The number of aliphatic carboxylic acids is 1. The van der Waals surface area contributed by atoms with E-state index >= 15 is 0 Å². The van der Waals surface area contributed by atoms with Crippen LogP contribution in [0.1, 0.15) is 30.9 Å². The first-order valence-corrected chi connectivity index (χ1v) is 16.2. The van der Waals surface area contributed by atoms with Gasteiger partial charge in [-0.05, 0) is 35.2 Å². The first-order chi connectivity index (χ1) is 24.9. The Morgan fingerprint density at radius 3 is 2.06 bits per heavy atom. The molecule has 0 spiro atoms. The summed E-state index contributed by atoms with van der Waals surface area (Å²) in [6.07, 6.45) is -1.08. The normalized spacial score (nSPS) is 12.2. The van der Waals surface area contributed by atoms with Crippen LogP contribution in [-0.2, 0) is 51.1 Å². The Morgan fingerprint density at radius 2 is 1.40 bits per heavy atom. The lowest BCUT2D eigenvalue weighted by molar-refractivity contribution is -0.141. The quantitative estimate of drug-likeness (QED) is 0.0230. The van der Waals surface area contributed by atoms with Crippen molar-refractivity contribution in [3.8, 4) is 11.5 Å². The van der Waals surface area contributed by atoms with Crippen LogP contribution < -0.4 is 26.6 Å². The number of phenols is 2. The van der Waals surface area contributed by atoms with Crippen molar-refractivity contribution < 1.29 is 53.6 Å². The van der Waals surface area contributed by atoms with E-state index in [1.165, 1.54) is 12.1 Å². The molecule has 0 aliphatic rings. The molecule has 282 valence electrons. The summed E-state index contributed by atoms with van der Waals surface area (Å²) in [6.45, 7) is 2.04. The van der Waals surface area contributed by atoms with Gasteiger partial charge in [0, 0.05) is 37.9 Å². The lowest BCUT2D eigenvalue weighted by Gasteiger charge is -2.25. The number of benzene rings is 2. The Balaban J connectivity index is 2.06. The summed E-state index contributed by atoms with van der Waals surface area (Å²) in [5.74, 6) is -5.82. The van der Waals surface area contributed by atoms with E-state index < -0.39 is 66.5 Å². The summed E-state index contributed by atoms with van der Waals surface area (Å²) in [7, 11) is 0. The molecule has 19 heteroatoms. The first-order valence-electron chi connectivity index (χ1n) is 16.2. The van der Waals surface area contributed by atoms with Gasteiger partial charge >= 0.3 is 5.97 Å². The first kappa shape index (κ1) is 42.3. The van der Waals surface area contributed by atoms with E-state index in [4.69, 9.17) is 15.0 Å². The summed E-state index contributed by atoms with van der Waals surface area (Å²) < 4.78 is 10.5. The molecule has 2 aromatic rings. The fraction of sp³-hybridized carbons (Fsp3) is 0.455. The fourth-order valence-electron chi connectivity index (χ4n) is 4.61. The second-order valence-corrected chi connectivity index (χ2v) is 11.3. The Bertz CT molecular complexity index is 1550. The van der Waals surface area contributed by atoms with E-state index in [-0.39, 0.29) is 70.4 Å². The predicted octanol–water partition coefficient (Wildman–Crippen LogP) is -0.202. The Labute approximate surface area is 299 Å². The van der Waals surface area contributed by atoms with Gasteiger partial charge in [-0.15, -0.1) is 0 Å². The van der Waals surface area contributed by atoms with Gasteiger partial charge < -0.3 is 51.4 Å². The molecule has 0 saturated heterocycles. The number of phenolic OH excluding ortho intramolecular Hbond substituents is 2. The molecule has 0 heterocycles. The van der Waals surface area contributed by atoms with Crippen molar-refractivity contribution in [2.24, 2.45) is 5.11 Å².